The first-order valence-electron chi connectivity index (χ1n) is 6.04. The predicted molar refractivity (Wildman–Crippen MR) is 70.3 cm³/mol. The lowest BCUT2D eigenvalue weighted by Crippen LogP contribution is -2.10. The molecular weight excluding hydrogens is 260 g/mol. The number of hydrogen-bond acceptors (Lipinski definition) is 5. The molecule has 0 spiro atoms. The summed E-state index contributed by atoms with van der Waals surface area (Å²) in [5.41, 5.74) is 1.34. The SMILES string of the molecule is Cc1ccc2c(c1O)O[C@@H](c1ccc(O)c(O)c1)C2=O. The molecule has 1 heterocycles. The highest BCUT2D eigenvalue weighted by atomic mass is 16.5. The van der Waals surface area contributed by atoms with Gasteiger partial charge in [-0.05, 0) is 30.7 Å². The Kier molecular flexibility index (Phi) is 2.57. The van der Waals surface area contributed by atoms with Crippen LogP contribution in [0, 0.1) is 6.92 Å². The second-order valence-electron chi connectivity index (χ2n) is 4.72. The second kappa shape index (κ2) is 4.16. The van der Waals surface area contributed by atoms with Gasteiger partial charge in [0.25, 0.3) is 0 Å². The number of hydrogen-bond donors (Lipinski definition) is 3. The normalized spacial score (nSPS) is 16.9. The van der Waals surface area contributed by atoms with Crippen molar-refractivity contribution in [3.8, 4) is 23.0 Å². The highest BCUT2D eigenvalue weighted by Crippen LogP contribution is 2.44. The second-order valence-corrected chi connectivity index (χ2v) is 4.72. The first kappa shape index (κ1) is 12.3. The van der Waals surface area contributed by atoms with E-state index in [4.69, 9.17) is 4.74 Å². The lowest BCUT2D eigenvalue weighted by molar-refractivity contribution is 0.0856. The van der Waals surface area contributed by atoms with Crippen molar-refractivity contribution in [1.29, 1.82) is 0 Å². The van der Waals surface area contributed by atoms with Crippen molar-refractivity contribution in [2.75, 3.05) is 0 Å². The van der Waals surface area contributed by atoms with Gasteiger partial charge in [0.05, 0.1) is 5.56 Å². The Morgan fingerprint density at radius 1 is 1.05 bits per heavy atom. The number of aryl methyl sites for hydroxylation is 1. The first-order valence-corrected chi connectivity index (χ1v) is 6.04. The molecule has 0 aromatic heterocycles. The van der Waals surface area contributed by atoms with Crippen LogP contribution in [0.4, 0.5) is 0 Å². The predicted octanol–water partition coefficient (Wildman–Crippen LogP) is 2.43. The molecular formula is C15H12O5. The van der Waals surface area contributed by atoms with Gasteiger partial charge in [0.2, 0.25) is 5.78 Å². The monoisotopic (exact) mass is 272 g/mol. The van der Waals surface area contributed by atoms with Crippen molar-refractivity contribution in [1.82, 2.24) is 0 Å². The minimum atomic E-state index is -0.927. The zero-order chi connectivity index (χ0) is 14.4. The Hall–Kier alpha value is -2.69. The summed E-state index contributed by atoms with van der Waals surface area (Å²) in [5, 5.41) is 28.7. The number of phenols is 3. The van der Waals surface area contributed by atoms with Gasteiger partial charge < -0.3 is 20.1 Å². The fraction of sp³-hybridized carbons (Fsp3) is 0.133. The molecule has 0 saturated heterocycles. The van der Waals surface area contributed by atoms with Crippen LogP contribution in [0.25, 0.3) is 0 Å². The summed E-state index contributed by atoms with van der Waals surface area (Å²) in [6, 6.07) is 7.30. The van der Waals surface area contributed by atoms with E-state index in [0.29, 0.717) is 16.7 Å². The van der Waals surface area contributed by atoms with Crippen molar-refractivity contribution in [3.05, 3.63) is 47.0 Å². The molecule has 0 aliphatic carbocycles. The minimum Gasteiger partial charge on any atom is -0.504 e. The van der Waals surface area contributed by atoms with Crippen LogP contribution in [-0.2, 0) is 0 Å². The third-order valence-corrected chi connectivity index (χ3v) is 3.37. The number of ketones is 1. The van der Waals surface area contributed by atoms with E-state index in [2.05, 4.69) is 0 Å². The Bertz CT molecular complexity index is 720. The summed E-state index contributed by atoms with van der Waals surface area (Å²) < 4.78 is 5.52. The van der Waals surface area contributed by atoms with E-state index in [1.165, 1.54) is 18.2 Å². The number of aromatic hydroxyl groups is 3. The van der Waals surface area contributed by atoms with E-state index in [1.54, 1.807) is 19.1 Å². The largest absolute Gasteiger partial charge is 0.504 e. The molecule has 5 nitrogen and oxygen atoms in total. The van der Waals surface area contributed by atoms with E-state index in [9.17, 15) is 20.1 Å². The maximum atomic E-state index is 12.3. The Labute approximate surface area is 114 Å². The molecule has 20 heavy (non-hydrogen) atoms. The van der Waals surface area contributed by atoms with Crippen LogP contribution >= 0.6 is 0 Å². The number of phenolic OH excluding ortho intramolecular Hbond substituents is 3. The standard InChI is InChI=1S/C15H12O5/c1-7-2-4-9-13(19)14(20-15(9)12(7)18)8-3-5-10(16)11(17)6-8/h2-6,14,16-18H,1H3/t14-/m0/s1. The molecule has 0 fully saturated rings. The zero-order valence-corrected chi connectivity index (χ0v) is 10.6. The topological polar surface area (TPSA) is 87.0 Å². The van der Waals surface area contributed by atoms with Crippen molar-refractivity contribution >= 4 is 5.78 Å². The van der Waals surface area contributed by atoms with Crippen molar-refractivity contribution < 1.29 is 24.9 Å². The molecule has 0 saturated carbocycles. The Morgan fingerprint density at radius 2 is 1.80 bits per heavy atom. The number of ether oxygens (including phenoxy) is 1. The lowest BCUT2D eigenvalue weighted by Gasteiger charge is -2.11. The van der Waals surface area contributed by atoms with Crippen LogP contribution < -0.4 is 4.74 Å². The van der Waals surface area contributed by atoms with Crippen LogP contribution in [0.1, 0.15) is 27.6 Å². The summed E-state index contributed by atoms with van der Waals surface area (Å²) in [5.74, 6) is -0.778. The molecule has 1 aliphatic heterocycles. The molecule has 0 bridgehead atoms. The fourth-order valence-corrected chi connectivity index (χ4v) is 2.22. The quantitative estimate of drug-likeness (QED) is 0.694. The smallest absolute Gasteiger partial charge is 0.211 e. The molecule has 0 unspecified atom stereocenters. The number of benzene rings is 2. The van der Waals surface area contributed by atoms with Crippen LogP contribution in [-0.4, -0.2) is 21.1 Å². The third kappa shape index (κ3) is 1.67. The highest BCUT2D eigenvalue weighted by Gasteiger charge is 2.36. The maximum Gasteiger partial charge on any atom is 0.211 e. The van der Waals surface area contributed by atoms with E-state index < -0.39 is 6.10 Å². The highest BCUT2D eigenvalue weighted by molar-refractivity contribution is 6.06. The fourth-order valence-electron chi connectivity index (χ4n) is 2.22. The van der Waals surface area contributed by atoms with Gasteiger partial charge in [0, 0.05) is 5.56 Å². The molecule has 0 amide bonds. The summed E-state index contributed by atoms with van der Waals surface area (Å²) >= 11 is 0. The Morgan fingerprint density at radius 3 is 2.50 bits per heavy atom. The van der Waals surface area contributed by atoms with E-state index >= 15 is 0 Å². The van der Waals surface area contributed by atoms with Gasteiger partial charge in [0.1, 0.15) is 0 Å². The van der Waals surface area contributed by atoms with E-state index in [-0.39, 0.29) is 28.8 Å². The number of Topliss-reactive ketones (excluding diaryl/α,β-unsaturated/α-hetero) is 1. The molecule has 1 aliphatic rings. The first-order chi connectivity index (χ1) is 9.49. The molecule has 2 aromatic rings. The van der Waals surface area contributed by atoms with Crippen molar-refractivity contribution in [2.45, 2.75) is 13.0 Å². The van der Waals surface area contributed by atoms with Crippen molar-refractivity contribution in [3.63, 3.8) is 0 Å². The Balaban J connectivity index is 2.05. The summed E-state index contributed by atoms with van der Waals surface area (Å²) in [7, 11) is 0. The summed E-state index contributed by atoms with van der Waals surface area (Å²) in [6.45, 7) is 1.71. The minimum absolute atomic E-state index is 0.0543. The molecule has 3 N–H and O–H groups in total. The summed E-state index contributed by atoms with van der Waals surface area (Å²) in [4.78, 5) is 12.3. The molecule has 3 rings (SSSR count). The van der Waals surface area contributed by atoms with Crippen LogP contribution in [0.15, 0.2) is 30.3 Å². The van der Waals surface area contributed by atoms with E-state index in [1.807, 2.05) is 0 Å². The molecule has 0 radical (unpaired) electrons. The molecule has 1 atom stereocenters. The zero-order valence-electron chi connectivity index (χ0n) is 10.6. The van der Waals surface area contributed by atoms with Gasteiger partial charge >= 0.3 is 0 Å². The number of rotatable bonds is 1. The average molecular weight is 272 g/mol. The number of carbonyl (C=O) groups excluding carboxylic acids is 1. The van der Waals surface area contributed by atoms with Crippen molar-refractivity contribution in [2.24, 2.45) is 0 Å². The van der Waals surface area contributed by atoms with Crippen LogP contribution in [0.2, 0.25) is 0 Å². The summed E-state index contributed by atoms with van der Waals surface area (Å²) in [6.07, 6.45) is -0.927. The van der Waals surface area contributed by atoms with Gasteiger partial charge in [-0.2, -0.15) is 0 Å². The van der Waals surface area contributed by atoms with Gasteiger partial charge in [-0.3, -0.25) is 4.79 Å². The number of carbonyl (C=O) groups is 1. The van der Waals surface area contributed by atoms with Gasteiger partial charge in [-0.1, -0.05) is 12.1 Å². The van der Waals surface area contributed by atoms with Gasteiger partial charge in [-0.25, -0.2) is 0 Å². The van der Waals surface area contributed by atoms with Gasteiger partial charge in [0.15, 0.2) is 29.1 Å². The maximum absolute atomic E-state index is 12.3. The lowest BCUT2D eigenvalue weighted by atomic mass is 10.0. The van der Waals surface area contributed by atoms with Gasteiger partial charge in [-0.15, -0.1) is 0 Å². The van der Waals surface area contributed by atoms with Crippen LogP contribution in [0.3, 0.4) is 0 Å². The molecule has 5 heteroatoms. The van der Waals surface area contributed by atoms with Crippen LogP contribution in [0.5, 0.6) is 23.0 Å². The number of fused-ring (bicyclic) bond motifs is 1. The molecule has 2 aromatic carbocycles. The average Bonchev–Trinajstić information content (AvgIpc) is 2.75. The third-order valence-electron chi connectivity index (χ3n) is 3.37. The molecule has 102 valence electrons. The van der Waals surface area contributed by atoms with E-state index in [0.717, 1.165) is 0 Å².